The number of carbonyl (C=O) groups is 3. The number of anilines is 1. The molecule has 152 valence electrons. The Hall–Kier alpha value is -2.80. The number of hydrogen-bond acceptors (Lipinski definition) is 5. The molecule has 0 aromatic heterocycles. The highest BCUT2D eigenvalue weighted by atomic mass is 32.2. The average Bonchev–Trinajstić information content (AvgIpc) is 2.76. The first-order chi connectivity index (χ1) is 14.0. The van der Waals surface area contributed by atoms with E-state index < -0.39 is 5.97 Å². The second-order valence-corrected chi connectivity index (χ2v) is 7.82. The van der Waals surface area contributed by atoms with Gasteiger partial charge in [-0.05, 0) is 24.6 Å². The summed E-state index contributed by atoms with van der Waals surface area (Å²) in [4.78, 5) is 40.9. The van der Waals surface area contributed by atoms with Crippen molar-refractivity contribution in [2.24, 2.45) is 0 Å². The van der Waals surface area contributed by atoms with Gasteiger partial charge in [0.1, 0.15) is 0 Å². The summed E-state index contributed by atoms with van der Waals surface area (Å²) in [6.07, 6.45) is 0.0377. The van der Waals surface area contributed by atoms with Gasteiger partial charge in [0.25, 0.3) is 5.91 Å². The van der Waals surface area contributed by atoms with Crippen LogP contribution in [0.2, 0.25) is 0 Å². The van der Waals surface area contributed by atoms with Crippen LogP contribution in [0.1, 0.15) is 24.9 Å². The highest BCUT2D eigenvalue weighted by molar-refractivity contribution is 8.00. The number of benzene rings is 2. The molecule has 0 spiro atoms. The van der Waals surface area contributed by atoms with E-state index in [2.05, 4.69) is 0 Å². The zero-order valence-electron chi connectivity index (χ0n) is 16.5. The number of hydrogen-bond donors (Lipinski definition) is 0. The average molecular weight is 413 g/mol. The Morgan fingerprint density at radius 1 is 1.14 bits per heavy atom. The molecule has 3 rings (SSSR count). The van der Waals surface area contributed by atoms with E-state index in [-0.39, 0.29) is 37.4 Å². The molecular formula is C22H24N2O4S. The lowest BCUT2D eigenvalue weighted by Gasteiger charge is -2.28. The van der Waals surface area contributed by atoms with Crippen molar-refractivity contribution in [1.82, 2.24) is 4.90 Å². The number of para-hydroxylation sites is 1. The van der Waals surface area contributed by atoms with Gasteiger partial charge in [-0.25, -0.2) is 0 Å². The van der Waals surface area contributed by atoms with Gasteiger partial charge in [0, 0.05) is 18.5 Å². The van der Waals surface area contributed by atoms with E-state index in [0.717, 1.165) is 16.1 Å². The third-order valence-electron chi connectivity index (χ3n) is 4.96. The molecule has 29 heavy (non-hydrogen) atoms. The zero-order valence-corrected chi connectivity index (χ0v) is 17.4. The van der Waals surface area contributed by atoms with Crippen molar-refractivity contribution in [3.8, 4) is 0 Å². The number of likely N-dealkylation sites (N-methyl/N-ethyl adjacent to an activating group) is 1. The largest absolute Gasteiger partial charge is 0.456 e. The maximum atomic E-state index is 12.4. The maximum Gasteiger partial charge on any atom is 0.308 e. The molecule has 0 bridgehead atoms. The molecular weight excluding hydrogens is 388 g/mol. The number of carbonyl (C=O) groups excluding carboxylic acids is 3. The molecule has 0 saturated heterocycles. The number of ether oxygens (including phenoxy) is 1. The Morgan fingerprint density at radius 3 is 2.59 bits per heavy atom. The van der Waals surface area contributed by atoms with Crippen molar-refractivity contribution in [2.45, 2.75) is 24.3 Å². The van der Waals surface area contributed by atoms with Crippen LogP contribution in [0.3, 0.4) is 0 Å². The van der Waals surface area contributed by atoms with E-state index in [1.54, 1.807) is 16.8 Å². The highest BCUT2D eigenvalue weighted by Gasteiger charge is 2.25. The molecule has 0 saturated carbocycles. The van der Waals surface area contributed by atoms with Crippen LogP contribution in [-0.2, 0) is 19.1 Å². The zero-order chi connectivity index (χ0) is 20.8. The van der Waals surface area contributed by atoms with Crippen molar-refractivity contribution in [3.05, 3.63) is 60.2 Å². The summed E-state index contributed by atoms with van der Waals surface area (Å²) in [5.41, 5.74) is 1.82. The fraction of sp³-hybridized carbons (Fsp3) is 0.318. The molecule has 7 heteroatoms. The predicted molar refractivity (Wildman–Crippen MR) is 113 cm³/mol. The van der Waals surface area contributed by atoms with E-state index in [0.29, 0.717) is 5.75 Å². The summed E-state index contributed by atoms with van der Waals surface area (Å²) >= 11 is 1.50. The quantitative estimate of drug-likeness (QED) is 0.653. The van der Waals surface area contributed by atoms with Crippen LogP contribution in [-0.4, -0.2) is 48.6 Å². The summed E-state index contributed by atoms with van der Waals surface area (Å²) in [5.74, 6) is -0.450. The van der Waals surface area contributed by atoms with Gasteiger partial charge in [0.05, 0.1) is 23.9 Å². The molecule has 0 aliphatic carbocycles. The van der Waals surface area contributed by atoms with Gasteiger partial charge in [0.15, 0.2) is 6.61 Å². The van der Waals surface area contributed by atoms with Crippen LogP contribution in [0, 0.1) is 0 Å². The van der Waals surface area contributed by atoms with E-state index in [9.17, 15) is 14.4 Å². The Labute approximate surface area is 174 Å². The summed E-state index contributed by atoms with van der Waals surface area (Å²) in [5, 5.41) is 0. The summed E-state index contributed by atoms with van der Waals surface area (Å²) in [7, 11) is 1.69. The van der Waals surface area contributed by atoms with E-state index in [1.165, 1.54) is 11.8 Å². The van der Waals surface area contributed by atoms with E-state index in [1.807, 2.05) is 61.5 Å². The Balaban J connectivity index is 1.49. The third-order valence-corrected chi connectivity index (χ3v) is 6.01. The molecule has 0 fully saturated rings. The minimum absolute atomic E-state index is 0.0333. The van der Waals surface area contributed by atoms with Gasteiger partial charge in [-0.2, -0.15) is 0 Å². The van der Waals surface area contributed by atoms with Crippen LogP contribution >= 0.6 is 11.8 Å². The van der Waals surface area contributed by atoms with Crippen LogP contribution in [0.15, 0.2) is 59.5 Å². The molecule has 0 radical (unpaired) electrons. The Kier molecular flexibility index (Phi) is 6.93. The standard InChI is InChI=1S/C22H24N2O4S/c1-16(17-8-4-3-5-9-17)23(2)20(25)14-28-22(27)12-13-24-18-10-6-7-11-19(18)29-15-21(24)26/h3-11,16H,12-15H2,1-2H3/t16-/m0/s1. The van der Waals surface area contributed by atoms with Gasteiger partial charge in [0.2, 0.25) is 5.91 Å². The van der Waals surface area contributed by atoms with E-state index >= 15 is 0 Å². The van der Waals surface area contributed by atoms with Gasteiger partial charge < -0.3 is 14.5 Å². The minimum Gasteiger partial charge on any atom is -0.456 e. The number of fused-ring (bicyclic) bond motifs is 1. The summed E-state index contributed by atoms with van der Waals surface area (Å²) in [6, 6.07) is 17.2. The highest BCUT2D eigenvalue weighted by Crippen LogP contribution is 2.34. The maximum absolute atomic E-state index is 12.4. The molecule has 1 atom stereocenters. The van der Waals surface area contributed by atoms with E-state index in [4.69, 9.17) is 4.74 Å². The lowest BCUT2D eigenvalue weighted by molar-refractivity contribution is -0.152. The first kappa shape index (κ1) is 20.9. The first-order valence-electron chi connectivity index (χ1n) is 9.46. The van der Waals surface area contributed by atoms with Gasteiger partial charge >= 0.3 is 5.97 Å². The monoisotopic (exact) mass is 412 g/mol. The molecule has 2 amide bonds. The van der Waals surface area contributed by atoms with Crippen molar-refractivity contribution in [2.75, 3.05) is 30.9 Å². The van der Waals surface area contributed by atoms with Crippen LogP contribution in [0.4, 0.5) is 5.69 Å². The van der Waals surface area contributed by atoms with Gasteiger partial charge in [-0.15, -0.1) is 11.8 Å². The molecule has 1 aliphatic rings. The van der Waals surface area contributed by atoms with Crippen molar-refractivity contribution in [1.29, 1.82) is 0 Å². The second kappa shape index (κ2) is 9.60. The Morgan fingerprint density at radius 2 is 1.83 bits per heavy atom. The molecule has 0 N–H and O–H groups in total. The van der Waals surface area contributed by atoms with Crippen LogP contribution < -0.4 is 4.90 Å². The molecule has 0 unspecified atom stereocenters. The smallest absolute Gasteiger partial charge is 0.308 e. The van der Waals surface area contributed by atoms with Gasteiger partial charge in [-0.3, -0.25) is 14.4 Å². The molecule has 6 nitrogen and oxygen atoms in total. The lowest BCUT2D eigenvalue weighted by atomic mass is 10.1. The summed E-state index contributed by atoms with van der Waals surface area (Å²) < 4.78 is 5.15. The first-order valence-corrected chi connectivity index (χ1v) is 10.4. The lowest BCUT2D eigenvalue weighted by Crippen LogP contribution is -2.37. The normalized spacial score (nSPS) is 14.1. The Bertz CT molecular complexity index is 887. The van der Waals surface area contributed by atoms with Crippen molar-refractivity contribution < 1.29 is 19.1 Å². The number of nitrogens with zero attached hydrogens (tertiary/aromatic N) is 2. The second-order valence-electron chi connectivity index (χ2n) is 6.80. The fourth-order valence-electron chi connectivity index (χ4n) is 3.09. The molecule has 1 aliphatic heterocycles. The molecule has 1 heterocycles. The van der Waals surface area contributed by atoms with Crippen molar-refractivity contribution in [3.63, 3.8) is 0 Å². The number of rotatable bonds is 7. The number of esters is 1. The number of thioether (sulfide) groups is 1. The predicted octanol–water partition coefficient (Wildman–Crippen LogP) is 3.28. The SMILES string of the molecule is C[C@@H](c1ccccc1)N(C)C(=O)COC(=O)CCN1C(=O)CSc2ccccc21. The fourth-order valence-corrected chi connectivity index (χ4v) is 4.03. The molecule has 2 aromatic carbocycles. The molecule has 2 aromatic rings. The third kappa shape index (κ3) is 5.17. The minimum atomic E-state index is -0.498. The van der Waals surface area contributed by atoms with Crippen molar-refractivity contribution >= 4 is 35.2 Å². The van der Waals surface area contributed by atoms with Gasteiger partial charge in [-0.1, -0.05) is 42.5 Å². The topological polar surface area (TPSA) is 66.9 Å². The summed E-state index contributed by atoms with van der Waals surface area (Å²) in [6.45, 7) is 1.85. The number of amides is 2. The van der Waals surface area contributed by atoms with Crippen LogP contribution in [0.5, 0.6) is 0 Å². The van der Waals surface area contributed by atoms with Crippen LogP contribution in [0.25, 0.3) is 0 Å².